The van der Waals surface area contributed by atoms with Gasteiger partial charge >= 0.3 is 0 Å². The molecule has 1 saturated heterocycles. The number of halogens is 2. The summed E-state index contributed by atoms with van der Waals surface area (Å²) in [5.74, 6) is 0.0352. The molecule has 1 unspecified atom stereocenters. The number of hydrogen-bond acceptors (Lipinski definition) is 3. The largest absolute Gasteiger partial charge is 0.373 e. The number of morpholine rings is 1. The van der Waals surface area contributed by atoms with Crippen molar-refractivity contribution in [3.8, 4) is 0 Å². The summed E-state index contributed by atoms with van der Waals surface area (Å²) in [6.45, 7) is 2.20. The van der Waals surface area contributed by atoms with Crippen molar-refractivity contribution in [2.45, 2.75) is 6.10 Å². The predicted octanol–water partition coefficient (Wildman–Crippen LogP) is 1.67. The maximum atomic E-state index is 12.2. The van der Waals surface area contributed by atoms with E-state index < -0.39 is 0 Å². The fourth-order valence-corrected chi connectivity index (χ4v) is 2.25. The molecule has 1 aromatic carbocycles. The van der Waals surface area contributed by atoms with Crippen LogP contribution < -0.4 is 5.73 Å². The summed E-state index contributed by atoms with van der Waals surface area (Å²) < 4.78 is 6.35. The second-order valence-electron chi connectivity index (χ2n) is 3.99. The molecule has 1 amide bonds. The average Bonchev–Trinajstić information content (AvgIpc) is 2.38. The molecule has 4 nitrogen and oxygen atoms in total. The summed E-state index contributed by atoms with van der Waals surface area (Å²) in [6.07, 6.45) is -0.0418. The molecule has 0 aliphatic carbocycles. The topological polar surface area (TPSA) is 55.6 Å². The highest BCUT2D eigenvalue weighted by Crippen LogP contribution is 2.15. The number of carbonyl (C=O) groups is 1. The SMILES string of the molecule is Cl.NCC1CN(C(=O)c2cccc(Br)c2)CCO1. The number of amides is 1. The van der Waals surface area contributed by atoms with Crippen LogP contribution in [0.1, 0.15) is 10.4 Å². The van der Waals surface area contributed by atoms with Gasteiger partial charge in [0.1, 0.15) is 0 Å². The van der Waals surface area contributed by atoms with Crippen LogP contribution in [0.25, 0.3) is 0 Å². The van der Waals surface area contributed by atoms with E-state index in [4.69, 9.17) is 10.5 Å². The molecule has 0 radical (unpaired) electrons. The Morgan fingerprint density at radius 2 is 2.33 bits per heavy atom. The molecule has 1 fully saturated rings. The van der Waals surface area contributed by atoms with Gasteiger partial charge in [0.25, 0.3) is 5.91 Å². The summed E-state index contributed by atoms with van der Waals surface area (Å²) in [5, 5.41) is 0. The van der Waals surface area contributed by atoms with Crippen molar-refractivity contribution in [1.82, 2.24) is 4.90 Å². The van der Waals surface area contributed by atoms with Gasteiger partial charge in [-0.2, -0.15) is 0 Å². The predicted molar refractivity (Wildman–Crippen MR) is 76.1 cm³/mol. The van der Waals surface area contributed by atoms with Crippen molar-refractivity contribution < 1.29 is 9.53 Å². The van der Waals surface area contributed by atoms with E-state index in [1.54, 1.807) is 4.90 Å². The molecule has 2 N–H and O–H groups in total. The van der Waals surface area contributed by atoms with Gasteiger partial charge in [-0.05, 0) is 18.2 Å². The molecule has 1 aliphatic heterocycles. The van der Waals surface area contributed by atoms with Crippen molar-refractivity contribution in [1.29, 1.82) is 0 Å². The lowest BCUT2D eigenvalue weighted by molar-refractivity contribution is -0.0167. The first-order chi connectivity index (χ1) is 8.20. The van der Waals surface area contributed by atoms with Crippen LogP contribution in [-0.2, 0) is 4.74 Å². The van der Waals surface area contributed by atoms with Crippen molar-refractivity contribution >= 4 is 34.2 Å². The third kappa shape index (κ3) is 3.68. The van der Waals surface area contributed by atoms with E-state index in [9.17, 15) is 4.79 Å². The zero-order valence-corrected chi connectivity index (χ0v) is 12.2. The third-order valence-electron chi connectivity index (χ3n) is 2.76. The van der Waals surface area contributed by atoms with Gasteiger partial charge in [-0.15, -0.1) is 12.4 Å². The molecular formula is C12H16BrClN2O2. The Morgan fingerprint density at radius 1 is 1.56 bits per heavy atom. The first kappa shape index (κ1) is 15.4. The second-order valence-corrected chi connectivity index (χ2v) is 4.91. The standard InChI is InChI=1S/C12H15BrN2O2.ClH/c13-10-3-1-2-9(6-10)12(16)15-4-5-17-11(7-14)8-15;/h1-3,6,11H,4-5,7-8,14H2;1H. The van der Waals surface area contributed by atoms with Crippen LogP contribution in [0.2, 0.25) is 0 Å². The highest BCUT2D eigenvalue weighted by molar-refractivity contribution is 9.10. The van der Waals surface area contributed by atoms with E-state index in [2.05, 4.69) is 15.9 Å². The molecular weight excluding hydrogens is 320 g/mol. The highest BCUT2D eigenvalue weighted by Gasteiger charge is 2.24. The normalized spacial score (nSPS) is 19.2. The van der Waals surface area contributed by atoms with Gasteiger partial charge in [0, 0.05) is 29.7 Å². The zero-order chi connectivity index (χ0) is 12.3. The van der Waals surface area contributed by atoms with Crippen LogP contribution in [0.15, 0.2) is 28.7 Å². The zero-order valence-electron chi connectivity index (χ0n) is 9.84. The molecule has 100 valence electrons. The number of carbonyl (C=O) groups excluding carboxylic acids is 1. The maximum Gasteiger partial charge on any atom is 0.254 e. The number of rotatable bonds is 2. The van der Waals surface area contributed by atoms with Gasteiger partial charge in [0.15, 0.2) is 0 Å². The molecule has 0 aromatic heterocycles. The minimum absolute atomic E-state index is 0. The molecule has 1 heterocycles. The van der Waals surface area contributed by atoms with Crippen LogP contribution in [0, 0.1) is 0 Å². The van der Waals surface area contributed by atoms with Gasteiger partial charge < -0.3 is 15.4 Å². The molecule has 0 bridgehead atoms. The Labute approximate surface area is 121 Å². The number of nitrogens with zero attached hydrogens (tertiary/aromatic N) is 1. The van der Waals surface area contributed by atoms with Gasteiger partial charge in [-0.1, -0.05) is 22.0 Å². The van der Waals surface area contributed by atoms with Gasteiger partial charge in [-0.3, -0.25) is 4.79 Å². The van der Waals surface area contributed by atoms with E-state index in [0.29, 0.717) is 31.8 Å². The van der Waals surface area contributed by atoms with Crippen molar-refractivity contribution in [3.05, 3.63) is 34.3 Å². The number of ether oxygens (including phenoxy) is 1. The van der Waals surface area contributed by atoms with Gasteiger partial charge in [0.2, 0.25) is 0 Å². The molecule has 2 rings (SSSR count). The van der Waals surface area contributed by atoms with E-state index in [-0.39, 0.29) is 24.4 Å². The lowest BCUT2D eigenvalue weighted by Gasteiger charge is -2.32. The molecule has 0 spiro atoms. The van der Waals surface area contributed by atoms with Gasteiger partial charge in [-0.25, -0.2) is 0 Å². The summed E-state index contributed by atoms with van der Waals surface area (Å²) >= 11 is 3.36. The third-order valence-corrected chi connectivity index (χ3v) is 3.25. The molecule has 6 heteroatoms. The van der Waals surface area contributed by atoms with E-state index >= 15 is 0 Å². The smallest absolute Gasteiger partial charge is 0.254 e. The monoisotopic (exact) mass is 334 g/mol. The highest BCUT2D eigenvalue weighted by atomic mass is 79.9. The molecule has 1 atom stereocenters. The van der Waals surface area contributed by atoms with Gasteiger partial charge in [0.05, 0.1) is 12.7 Å². The Bertz CT molecular complexity index is 417. The minimum Gasteiger partial charge on any atom is -0.373 e. The van der Waals surface area contributed by atoms with Crippen LogP contribution in [0.5, 0.6) is 0 Å². The van der Waals surface area contributed by atoms with Crippen LogP contribution >= 0.6 is 28.3 Å². The lowest BCUT2D eigenvalue weighted by atomic mass is 10.1. The van der Waals surface area contributed by atoms with Crippen molar-refractivity contribution in [2.75, 3.05) is 26.2 Å². The molecule has 1 aromatic rings. The average molecular weight is 336 g/mol. The van der Waals surface area contributed by atoms with E-state index in [1.807, 2.05) is 24.3 Å². The fraction of sp³-hybridized carbons (Fsp3) is 0.417. The summed E-state index contributed by atoms with van der Waals surface area (Å²) in [7, 11) is 0. The van der Waals surface area contributed by atoms with Crippen LogP contribution in [0.4, 0.5) is 0 Å². The summed E-state index contributed by atoms with van der Waals surface area (Å²) in [5.41, 5.74) is 6.25. The molecule has 18 heavy (non-hydrogen) atoms. The maximum absolute atomic E-state index is 12.2. The Hall–Kier alpha value is -0.620. The van der Waals surface area contributed by atoms with Crippen molar-refractivity contribution in [2.24, 2.45) is 5.73 Å². The van der Waals surface area contributed by atoms with E-state index in [0.717, 1.165) is 4.47 Å². The quantitative estimate of drug-likeness (QED) is 0.894. The number of hydrogen-bond donors (Lipinski definition) is 1. The van der Waals surface area contributed by atoms with Crippen molar-refractivity contribution in [3.63, 3.8) is 0 Å². The number of benzene rings is 1. The fourth-order valence-electron chi connectivity index (χ4n) is 1.85. The Balaban J connectivity index is 0.00000162. The number of nitrogens with two attached hydrogens (primary N) is 1. The Morgan fingerprint density at radius 3 is 3.00 bits per heavy atom. The second kappa shape index (κ2) is 7.09. The summed E-state index contributed by atoms with van der Waals surface area (Å²) in [6, 6.07) is 7.41. The van der Waals surface area contributed by atoms with Crippen LogP contribution in [0.3, 0.4) is 0 Å². The minimum atomic E-state index is -0.0418. The molecule has 0 saturated carbocycles. The first-order valence-corrected chi connectivity index (χ1v) is 6.36. The Kier molecular flexibility index (Phi) is 6.08. The first-order valence-electron chi connectivity index (χ1n) is 5.57. The molecule has 1 aliphatic rings. The lowest BCUT2D eigenvalue weighted by Crippen LogP contribution is -2.48. The van der Waals surface area contributed by atoms with E-state index in [1.165, 1.54) is 0 Å². The van der Waals surface area contributed by atoms with Crippen LogP contribution in [-0.4, -0.2) is 43.2 Å². The summed E-state index contributed by atoms with van der Waals surface area (Å²) in [4.78, 5) is 14.0.